The maximum Gasteiger partial charge on any atom is 0.330 e. The number of esters is 1. The zero-order valence-electron chi connectivity index (χ0n) is 32.1. The molecular weight excluding hydrogens is 744 g/mol. The fourth-order valence-electron chi connectivity index (χ4n) is 9.41. The van der Waals surface area contributed by atoms with E-state index in [1.165, 1.54) is 27.2 Å². The van der Waals surface area contributed by atoms with Gasteiger partial charge in [-0.3, -0.25) is 0 Å². The van der Waals surface area contributed by atoms with Crippen molar-refractivity contribution in [2.24, 2.45) is 17.8 Å². The number of methoxy groups -OCH3 is 2. The van der Waals surface area contributed by atoms with Crippen molar-refractivity contribution in [3.8, 4) is 0 Å². The van der Waals surface area contributed by atoms with E-state index in [1.807, 2.05) is 0 Å². The highest BCUT2D eigenvalue weighted by Crippen LogP contribution is 2.44. The second-order valence-corrected chi connectivity index (χ2v) is 16.5. The molecule has 56 heavy (non-hydrogen) atoms. The molecule has 18 nitrogen and oxygen atoms in total. The van der Waals surface area contributed by atoms with Crippen LogP contribution in [-0.4, -0.2) is 189 Å². The number of allylic oxidation sites excluding steroid dienone is 1. The number of rotatable bonds is 11. The molecule has 0 aromatic heterocycles. The minimum atomic E-state index is -1.76. The molecule has 0 spiro atoms. The second-order valence-electron chi connectivity index (χ2n) is 16.5. The van der Waals surface area contributed by atoms with Crippen molar-refractivity contribution in [3.63, 3.8) is 0 Å². The summed E-state index contributed by atoms with van der Waals surface area (Å²) in [5, 5.41) is 96.5. The molecule has 0 amide bonds. The van der Waals surface area contributed by atoms with Crippen molar-refractivity contribution in [2.45, 2.75) is 181 Å². The number of aliphatic hydroxyl groups excluding tert-OH is 9. The van der Waals surface area contributed by atoms with Crippen LogP contribution in [0.4, 0.5) is 0 Å². The quantitative estimate of drug-likeness (QED) is 0.0790. The molecule has 9 N–H and O–H groups in total. The lowest BCUT2D eigenvalue weighted by Gasteiger charge is -2.52. The molecule has 18 heteroatoms. The minimum Gasteiger partial charge on any atom is -0.454 e. The Labute approximate surface area is 326 Å². The average molecular weight is 807 g/mol. The lowest BCUT2D eigenvalue weighted by molar-refractivity contribution is -0.346. The molecule has 3 aliphatic heterocycles. The topological polar surface area (TPSA) is 273 Å². The van der Waals surface area contributed by atoms with E-state index in [1.54, 1.807) is 6.08 Å². The monoisotopic (exact) mass is 806 g/mol. The van der Waals surface area contributed by atoms with Crippen LogP contribution < -0.4 is 0 Å². The van der Waals surface area contributed by atoms with Crippen molar-refractivity contribution in [1.82, 2.24) is 0 Å². The molecule has 3 aliphatic carbocycles. The summed E-state index contributed by atoms with van der Waals surface area (Å²) < 4.78 is 47.0. The third-order valence-corrected chi connectivity index (χ3v) is 12.8. The molecule has 6 rings (SSSR count). The number of carbonyl (C=O) groups excluding carboxylic acids is 1. The third kappa shape index (κ3) is 9.94. The maximum atomic E-state index is 12.6. The normalized spacial score (nSPS) is 50.4. The summed E-state index contributed by atoms with van der Waals surface area (Å²) >= 11 is 0. The first-order valence-electron chi connectivity index (χ1n) is 20.0. The molecule has 0 aromatic carbocycles. The highest BCUT2D eigenvalue weighted by molar-refractivity contribution is 5.82. The van der Waals surface area contributed by atoms with Crippen LogP contribution in [0.3, 0.4) is 0 Å². The van der Waals surface area contributed by atoms with E-state index in [2.05, 4.69) is 0 Å². The zero-order chi connectivity index (χ0) is 40.4. The van der Waals surface area contributed by atoms with Gasteiger partial charge in [-0.2, -0.15) is 0 Å². The summed E-state index contributed by atoms with van der Waals surface area (Å²) in [6.07, 6.45) is -13.8. The van der Waals surface area contributed by atoms with Gasteiger partial charge in [0.1, 0.15) is 42.7 Å². The van der Waals surface area contributed by atoms with Gasteiger partial charge in [0.2, 0.25) is 0 Å². The standard InChI is InChI=1S/C38H62O18/c1-16-35(56-28(42)9-6-17-4-7-19(39)8-5-17)32(46)34(48)37(52-16)51-15-27-30(44)31(45)33(47)38(55-27)54-26-14-21-22(41)12-20(40)13-23(21)53-36(26)18-10-24(49-2)29(43)25(11-18)50-3/h6,9,16-27,29-41,43-48H,4-5,7-8,10-15H2,1-3H3. The van der Waals surface area contributed by atoms with Crippen LogP contribution in [0.1, 0.15) is 64.7 Å². The SMILES string of the molecule is COC1CC(C2OC3CC(O)CC(O)C3CC2OC2OC(COC3OC(C)C(OC(=O)C=CC4CCC(O)CC4)C(O)C3O)C(O)C(O)C2O)CC(OC)C1O. The van der Waals surface area contributed by atoms with E-state index < -0.39 is 129 Å². The van der Waals surface area contributed by atoms with E-state index in [0.29, 0.717) is 32.1 Å². The number of hydrogen-bond acceptors (Lipinski definition) is 18. The van der Waals surface area contributed by atoms with Gasteiger partial charge in [0.15, 0.2) is 18.7 Å². The lowest BCUT2D eigenvalue weighted by atomic mass is 9.72. The van der Waals surface area contributed by atoms with Gasteiger partial charge in [-0.25, -0.2) is 4.79 Å². The fraction of sp³-hybridized carbons (Fsp3) is 0.921. The molecule has 3 saturated carbocycles. The van der Waals surface area contributed by atoms with Crippen LogP contribution in [0.15, 0.2) is 12.2 Å². The summed E-state index contributed by atoms with van der Waals surface area (Å²) in [7, 11) is 2.97. The molecule has 18 unspecified atom stereocenters. The third-order valence-electron chi connectivity index (χ3n) is 12.8. The van der Waals surface area contributed by atoms with Gasteiger partial charge >= 0.3 is 5.97 Å². The number of carbonyl (C=O) groups is 1. The Kier molecular flexibility index (Phi) is 15.2. The van der Waals surface area contributed by atoms with E-state index in [0.717, 1.165) is 12.8 Å². The van der Waals surface area contributed by atoms with Crippen LogP contribution in [0, 0.1) is 17.8 Å². The van der Waals surface area contributed by atoms with Gasteiger partial charge in [-0.1, -0.05) is 6.08 Å². The first-order chi connectivity index (χ1) is 26.7. The highest BCUT2D eigenvalue weighted by Gasteiger charge is 2.54. The van der Waals surface area contributed by atoms with E-state index in [9.17, 15) is 50.8 Å². The summed E-state index contributed by atoms with van der Waals surface area (Å²) in [4.78, 5) is 12.6. The summed E-state index contributed by atoms with van der Waals surface area (Å²) in [5.74, 6) is -1.33. The number of hydrogen-bond donors (Lipinski definition) is 9. The average Bonchev–Trinajstić information content (AvgIpc) is 3.17. The van der Waals surface area contributed by atoms with Gasteiger partial charge in [-0.05, 0) is 76.5 Å². The Hall–Kier alpha value is -1.43. The maximum absolute atomic E-state index is 12.6. The smallest absolute Gasteiger partial charge is 0.330 e. The van der Waals surface area contributed by atoms with E-state index in [-0.39, 0.29) is 30.8 Å². The van der Waals surface area contributed by atoms with E-state index >= 15 is 0 Å². The first kappa shape index (κ1) is 44.1. The van der Waals surface area contributed by atoms with Crippen LogP contribution in [0.25, 0.3) is 0 Å². The molecule has 18 atom stereocenters. The van der Waals surface area contributed by atoms with E-state index in [4.69, 9.17) is 37.9 Å². The fourth-order valence-corrected chi connectivity index (χ4v) is 9.41. The Bertz CT molecular complexity index is 1270. The Morgan fingerprint density at radius 1 is 0.679 bits per heavy atom. The highest BCUT2D eigenvalue weighted by atomic mass is 16.7. The molecule has 0 radical (unpaired) electrons. The largest absolute Gasteiger partial charge is 0.454 e. The predicted octanol–water partition coefficient (Wildman–Crippen LogP) is -2.23. The van der Waals surface area contributed by atoms with Gasteiger partial charge < -0.3 is 83.9 Å². The predicted molar refractivity (Wildman–Crippen MR) is 189 cm³/mol. The zero-order valence-corrected chi connectivity index (χ0v) is 32.1. The Morgan fingerprint density at radius 2 is 1.34 bits per heavy atom. The van der Waals surface area contributed by atoms with Crippen molar-refractivity contribution in [2.75, 3.05) is 20.8 Å². The number of fused-ring (bicyclic) bond motifs is 1. The van der Waals surface area contributed by atoms with Gasteiger partial charge in [0.25, 0.3) is 0 Å². The van der Waals surface area contributed by atoms with Crippen molar-refractivity contribution >= 4 is 5.97 Å². The molecular formula is C38H62O18. The second kappa shape index (κ2) is 19.3. The molecule has 6 aliphatic rings. The van der Waals surface area contributed by atoms with Gasteiger partial charge in [0, 0.05) is 26.2 Å². The van der Waals surface area contributed by atoms with Crippen LogP contribution >= 0.6 is 0 Å². The number of ether oxygens (including phenoxy) is 8. The van der Waals surface area contributed by atoms with Gasteiger partial charge in [0.05, 0.1) is 61.5 Å². The van der Waals surface area contributed by atoms with Crippen molar-refractivity contribution < 1.29 is 88.6 Å². The Balaban J connectivity index is 1.09. The molecule has 322 valence electrons. The molecule has 3 heterocycles. The summed E-state index contributed by atoms with van der Waals surface area (Å²) in [5.41, 5.74) is 0. The molecule has 0 bridgehead atoms. The molecule has 6 fully saturated rings. The van der Waals surface area contributed by atoms with Gasteiger partial charge in [-0.15, -0.1) is 0 Å². The Morgan fingerprint density at radius 3 is 2.00 bits per heavy atom. The number of aliphatic hydroxyl groups is 9. The molecule has 0 aromatic rings. The van der Waals surface area contributed by atoms with Crippen LogP contribution in [0.2, 0.25) is 0 Å². The van der Waals surface area contributed by atoms with Crippen LogP contribution in [0.5, 0.6) is 0 Å². The minimum absolute atomic E-state index is 0.116. The van der Waals surface area contributed by atoms with Crippen molar-refractivity contribution in [3.05, 3.63) is 12.2 Å². The summed E-state index contributed by atoms with van der Waals surface area (Å²) in [6.45, 7) is 1.03. The first-order valence-corrected chi connectivity index (χ1v) is 20.0. The summed E-state index contributed by atoms with van der Waals surface area (Å²) in [6, 6.07) is 0. The molecule has 3 saturated heterocycles. The lowest BCUT2D eigenvalue weighted by Crippen LogP contribution is -2.63. The van der Waals surface area contributed by atoms with Crippen LogP contribution in [-0.2, 0) is 42.7 Å². The van der Waals surface area contributed by atoms with Crippen molar-refractivity contribution in [1.29, 1.82) is 0 Å².